The van der Waals surface area contributed by atoms with E-state index < -0.39 is 0 Å². The molecule has 0 atom stereocenters. The van der Waals surface area contributed by atoms with Gasteiger partial charge in [-0.15, -0.1) is 0 Å². The minimum Gasteiger partial charge on any atom is -0.454 e. The molecule has 3 aromatic rings. The molecule has 0 saturated heterocycles. The number of benzene rings is 1. The quantitative estimate of drug-likeness (QED) is 0.747. The van der Waals surface area contributed by atoms with Gasteiger partial charge in [0.25, 0.3) is 0 Å². The highest BCUT2D eigenvalue weighted by Gasteiger charge is 2.20. The second-order valence-corrected chi connectivity index (χ2v) is 5.42. The summed E-state index contributed by atoms with van der Waals surface area (Å²) in [6, 6.07) is 9.44. The zero-order valence-corrected chi connectivity index (χ0v) is 12.3. The Labute approximate surface area is 131 Å². The van der Waals surface area contributed by atoms with Crippen molar-refractivity contribution < 1.29 is 9.47 Å². The first-order chi connectivity index (χ1) is 10.7. The molecule has 2 N–H and O–H groups in total. The fourth-order valence-corrected chi connectivity index (χ4v) is 2.65. The van der Waals surface area contributed by atoms with Gasteiger partial charge in [0.15, 0.2) is 17.3 Å². The Balaban J connectivity index is 1.97. The smallest absolute Gasteiger partial charge is 0.231 e. The summed E-state index contributed by atoms with van der Waals surface area (Å²) in [5, 5.41) is 0. The fraction of sp³-hybridized carbons (Fsp3) is 0.133. The van der Waals surface area contributed by atoms with Crippen LogP contribution in [-0.2, 0) is 6.54 Å². The number of thiocarbonyl (C=S) groups is 1. The molecule has 7 heteroatoms. The molecule has 6 nitrogen and oxygen atoms in total. The highest BCUT2D eigenvalue weighted by atomic mass is 32.1. The van der Waals surface area contributed by atoms with Gasteiger partial charge in [-0.25, -0.2) is 4.98 Å². The van der Waals surface area contributed by atoms with E-state index in [9.17, 15) is 0 Å². The van der Waals surface area contributed by atoms with Crippen molar-refractivity contribution in [3.8, 4) is 23.0 Å². The summed E-state index contributed by atoms with van der Waals surface area (Å²) in [4.78, 5) is 9.41. The molecule has 0 bridgehead atoms. The molecule has 110 valence electrons. The molecule has 0 amide bonds. The number of ether oxygens (including phenoxy) is 2. The van der Waals surface area contributed by atoms with Crippen LogP contribution in [0.4, 0.5) is 0 Å². The molecule has 22 heavy (non-hydrogen) atoms. The number of hydrogen-bond donors (Lipinski definition) is 1. The first-order valence-electron chi connectivity index (χ1n) is 6.72. The van der Waals surface area contributed by atoms with Crippen LogP contribution in [0, 0.1) is 0 Å². The van der Waals surface area contributed by atoms with Crippen LogP contribution in [0.2, 0.25) is 0 Å². The van der Waals surface area contributed by atoms with Crippen LogP contribution in [0.25, 0.3) is 22.6 Å². The number of nitrogens with zero attached hydrogens (tertiary/aromatic N) is 3. The Kier molecular flexibility index (Phi) is 2.93. The summed E-state index contributed by atoms with van der Waals surface area (Å²) in [7, 11) is 0. The van der Waals surface area contributed by atoms with E-state index in [-0.39, 0.29) is 6.79 Å². The molecule has 3 heterocycles. The Bertz CT molecular complexity index is 876. The monoisotopic (exact) mass is 312 g/mol. The Morgan fingerprint density at radius 1 is 1.27 bits per heavy atom. The van der Waals surface area contributed by atoms with Crippen LogP contribution in [0.15, 0.2) is 36.5 Å². The third-order valence-electron chi connectivity index (χ3n) is 3.45. The summed E-state index contributed by atoms with van der Waals surface area (Å²) in [5.74, 6) is 2.11. The average Bonchev–Trinajstić information content (AvgIpc) is 3.10. The molecule has 0 saturated carbocycles. The van der Waals surface area contributed by atoms with E-state index in [1.54, 1.807) is 6.20 Å². The van der Waals surface area contributed by atoms with Crippen LogP contribution in [-0.4, -0.2) is 26.3 Å². The van der Waals surface area contributed by atoms with Crippen LogP contribution in [0.1, 0.15) is 0 Å². The lowest BCUT2D eigenvalue weighted by atomic mass is 10.2. The third-order valence-corrected chi connectivity index (χ3v) is 3.58. The number of pyridine rings is 1. The SMILES string of the molecule is NC(=S)Cn1c(-c2ccccn2)nc2cc3c(cc21)OCO3. The number of imidazole rings is 1. The molecule has 0 aliphatic carbocycles. The van der Waals surface area contributed by atoms with Crippen molar-refractivity contribution in [3.05, 3.63) is 36.5 Å². The van der Waals surface area contributed by atoms with Gasteiger partial charge in [0.05, 0.1) is 22.6 Å². The average molecular weight is 312 g/mol. The summed E-state index contributed by atoms with van der Waals surface area (Å²) >= 11 is 5.07. The summed E-state index contributed by atoms with van der Waals surface area (Å²) < 4.78 is 12.8. The van der Waals surface area contributed by atoms with Gasteiger partial charge in [0, 0.05) is 18.3 Å². The molecule has 0 fully saturated rings. The highest BCUT2D eigenvalue weighted by molar-refractivity contribution is 7.80. The number of fused-ring (bicyclic) bond motifs is 2. The Hall–Kier alpha value is -2.67. The van der Waals surface area contributed by atoms with Gasteiger partial charge in [0.1, 0.15) is 5.69 Å². The summed E-state index contributed by atoms with van der Waals surface area (Å²) in [6.07, 6.45) is 1.73. The van der Waals surface area contributed by atoms with Crippen molar-refractivity contribution in [1.29, 1.82) is 0 Å². The van der Waals surface area contributed by atoms with Crippen molar-refractivity contribution in [2.75, 3.05) is 6.79 Å². The van der Waals surface area contributed by atoms with E-state index >= 15 is 0 Å². The lowest BCUT2D eigenvalue weighted by Gasteiger charge is -2.07. The van der Waals surface area contributed by atoms with Crippen LogP contribution in [0.5, 0.6) is 11.5 Å². The van der Waals surface area contributed by atoms with Crippen LogP contribution >= 0.6 is 12.2 Å². The van der Waals surface area contributed by atoms with Crippen molar-refractivity contribution in [3.63, 3.8) is 0 Å². The normalized spacial score (nSPS) is 12.7. The number of aromatic nitrogens is 3. The number of rotatable bonds is 3. The van der Waals surface area contributed by atoms with E-state index in [0.717, 1.165) is 16.7 Å². The first-order valence-corrected chi connectivity index (χ1v) is 7.13. The molecule has 2 aromatic heterocycles. The fourth-order valence-electron chi connectivity index (χ4n) is 2.52. The van der Waals surface area contributed by atoms with E-state index in [1.165, 1.54) is 0 Å². The maximum absolute atomic E-state index is 5.74. The maximum Gasteiger partial charge on any atom is 0.231 e. The van der Waals surface area contributed by atoms with E-state index in [0.29, 0.717) is 28.9 Å². The topological polar surface area (TPSA) is 75.2 Å². The van der Waals surface area contributed by atoms with Gasteiger partial charge in [-0.3, -0.25) is 4.98 Å². The van der Waals surface area contributed by atoms with Gasteiger partial charge in [0.2, 0.25) is 6.79 Å². The molecule has 0 radical (unpaired) electrons. The van der Waals surface area contributed by atoms with Crippen molar-refractivity contribution in [1.82, 2.24) is 14.5 Å². The van der Waals surface area contributed by atoms with E-state index in [1.807, 2.05) is 34.9 Å². The minimum absolute atomic E-state index is 0.227. The molecule has 0 unspecified atom stereocenters. The first kappa shape index (κ1) is 13.0. The maximum atomic E-state index is 5.74. The number of hydrogen-bond acceptors (Lipinski definition) is 5. The molecular weight excluding hydrogens is 300 g/mol. The van der Waals surface area contributed by atoms with Gasteiger partial charge in [-0.1, -0.05) is 18.3 Å². The molecular formula is C15H12N4O2S. The molecule has 1 aliphatic rings. The second kappa shape index (κ2) is 4.96. The highest BCUT2D eigenvalue weighted by Crippen LogP contribution is 2.37. The van der Waals surface area contributed by atoms with Crippen LogP contribution < -0.4 is 15.2 Å². The number of nitrogens with two attached hydrogens (primary N) is 1. The summed E-state index contributed by atoms with van der Waals surface area (Å²) in [6.45, 7) is 0.613. The molecule has 1 aliphatic heterocycles. The zero-order chi connectivity index (χ0) is 15.1. The molecule has 1 aromatic carbocycles. The van der Waals surface area contributed by atoms with Crippen molar-refractivity contribution in [2.45, 2.75) is 6.54 Å². The lowest BCUT2D eigenvalue weighted by Crippen LogP contribution is -2.17. The molecule has 4 rings (SSSR count). The predicted octanol–water partition coefficient (Wildman–Crippen LogP) is 2.11. The lowest BCUT2D eigenvalue weighted by molar-refractivity contribution is 0.174. The standard InChI is InChI=1S/C15H12N4O2S/c16-14(22)7-19-11-6-13-12(20-8-21-13)5-10(11)18-15(19)9-3-1-2-4-17-9/h1-6H,7-8H2,(H2,16,22). The van der Waals surface area contributed by atoms with Gasteiger partial charge in [-0.2, -0.15) is 0 Å². The Morgan fingerprint density at radius 2 is 2.09 bits per heavy atom. The third kappa shape index (κ3) is 2.06. The molecule has 0 spiro atoms. The zero-order valence-electron chi connectivity index (χ0n) is 11.5. The summed E-state index contributed by atoms with van der Waals surface area (Å²) in [5.41, 5.74) is 8.18. The van der Waals surface area contributed by atoms with E-state index in [4.69, 9.17) is 27.4 Å². The van der Waals surface area contributed by atoms with Gasteiger partial charge < -0.3 is 19.8 Å². The predicted molar refractivity (Wildman–Crippen MR) is 85.9 cm³/mol. The Morgan fingerprint density at radius 3 is 2.82 bits per heavy atom. The van der Waals surface area contributed by atoms with Crippen molar-refractivity contribution >= 4 is 28.2 Å². The van der Waals surface area contributed by atoms with Crippen LogP contribution in [0.3, 0.4) is 0 Å². The minimum atomic E-state index is 0.227. The van der Waals surface area contributed by atoms with Gasteiger partial charge in [-0.05, 0) is 12.1 Å². The second-order valence-electron chi connectivity index (χ2n) is 4.90. The largest absolute Gasteiger partial charge is 0.454 e. The van der Waals surface area contributed by atoms with E-state index in [2.05, 4.69) is 9.97 Å². The van der Waals surface area contributed by atoms with Crippen molar-refractivity contribution in [2.24, 2.45) is 5.73 Å². The van der Waals surface area contributed by atoms with Gasteiger partial charge >= 0.3 is 0 Å².